The molecule has 2 aromatic heterocycles. The lowest BCUT2D eigenvalue weighted by atomic mass is 10.00. The molecule has 6 nitrogen and oxygen atoms in total. The van der Waals surface area contributed by atoms with Crippen LogP contribution in [0.2, 0.25) is 0 Å². The van der Waals surface area contributed by atoms with E-state index in [9.17, 15) is 4.79 Å². The molecule has 6 heteroatoms. The van der Waals surface area contributed by atoms with Crippen molar-refractivity contribution in [2.24, 2.45) is 0 Å². The highest BCUT2D eigenvalue weighted by Crippen LogP contribution is 2.19. The van der Waals surface area contributed by atoms with Crippen molar-refractivity contribution < 1.29 is 0 Å². The van der Waals surface area contributed by atoms with Crippen LogP contribution in [0.3, 0.4) is 0 Å². The molecule has 3 rings (SSSR count). The molecule has 0 aromatic carbocycles. The number of aromatic amines is 1. The second-order valence-electron chi connectivity index (χ2n) is 4.57. The number of H-pyrrole nitrogens is 1. The van der Waals surface area contributed by atoms with Crippen molar-refractivity contribution >= 4 is 17.1 Å². The zero-order valence-corrected chi connectivity index (χ0v) is 10.0. The molecular formula is C12H15N5O. The molecule has 0 bridgehead atoms. The Bertz CT molecular complexity index is 667. The molecule has 94 valence electrons. The zero-order chi connectivity index (χ0) is 12.5. The third-order valence-electron chi connectivity index (χ3n) is 3.32. The summed E-state index contributed by atoms with van der Waals surface area (Å²) in [4.78, 5) is 23.1. The lowest BCUT2D eigenvalue weighted by Gasteiger charge is -2.15. The third-order valence-corrected chi connectivity index (χ3v) is 3.32. The van der Waals surface area contributed by atoms with Gasteiger partial charge >= 0.3 is 0 Å². The van der Waals surface area contributed by atoms with Crippen LogP contribution < -0.4 is 11.3 Å². The van der Waals surface area contributed by atoms with E-state index in [1.807, 2.05) is 0 Å². The molecule has 0 atom stereocenters. The Morgan fingerprint density at radius 3 is 3.11 bits per heavy atom. The molecule has 18 heavy (non-hydrogen) atoms. The summed E-state index contributed by atoms with van der Waals surface area (Å²) in [6.07, 6.45) is 8.19. The molecule has 0 spiro atoms. The van der Waals surface area contributed by atoms with E-state index in [4.69, 9.17) is 5.73 Å². The first kappa shape index (κ1) is 11.0. The average molecular weight is 245 g/mol. The Morgan fingerprint density at radius 2 is 2.33 bits per heavy atom. The Labute approximate surface area is 104 Å². The number of hydrogen-bond donors (Lipinski definition) is 2. The van der Waals surface area contributed by atoms with Gasteiger partial charge in [-0.25, -0.2) is 4.98 Å². The third kappa shape index (κ3) is 1.79. The van der Waals surface area contributed by atoms with Gasteiger partial charge in [-0.1, -0.05) is 11.6 Å². The fourth-order valence-corrected chi connectivity index (χ4v) is 2.34. The highest BCUT2D eigenvalue weighted by atomic mass is 16.1. The Hall–Kier alpha value is -2.11. The highest BCUT2D eigenvalue weighted by molar-refractivity contribution is 5.69. The van der Waals surface area contributed by atoms with E-state index in [2.05, 4.69) is 21.0 Å². The molecule has 0 unspecified atom stereocenters. The number of hydrogen-bond acceptors (Lipinski definition) is 4. The van der Waals surface area contributed by atoms with E-state index in [1.165, 1.54) is 29.3 Å². The zero-order valence-electron chi connectivity index (χ0n) is 10.0. The number of rotatable bonds is 2. The number of fused-ring (bicyclic) bond motifs is 1. The number of imidazole rings is 1. The number of allylic oxidation sites excluding steroid dienone is 2. The van der Waals surface area contributed by atoms with Crippen LogP contribution in [-0.2, 0) is 6.54 Å². The largest absolute Gasteiger partial charge is 0.369 e. The second kappa shape index (κ2) is 4.29. The normalized spacial score (nSPS) is 15.9. The van der Waals surface area contributed by atoms with E-state index in [0.717, 1.165) is 12.8 Å². The molecule has 0 saturated carbocycles. The maximum atomic E-state index is 12.2. The SMILES string of the molecule is Nc1nc2nc[nH]c2c(=O)n1CC1=CCCCC1. The Balaban J connectivity index is 2.05. The molecule has 1 aliphatic carbocycles. The summed E-state index contributed by atoms with van der Waals surface area (Å²) in [6, 6.07) is 0. The van der Waals surface area contributed by atoms with Crippen molar-refractivity contribution in [1.29, 1.82) is 0 Å². The van der Waals surface area contributed by atoms with Crippen LogP contribution in [0.4, 0.5) is 5.95 Å². The van der Waals surface area contributed by atoms with Gasteiger partial charge in [0.15, 0.2) is 11.2 Å². The standard InChI is InChI=1S/C12H15N5O/c13-12-16-10-9(14-7-15-10)11(18)17(12)6-8-4-2-1-3-5-8/h4,7H,1-3,5-6H2,(H2,13,16)(H,14,15). The van der Waals surface area contributed by atoms with E-state index in [-0.39, 0.29) is 11.5 Å². The number of aromatic nitrogens is 4. The maximum absolute atomic E-state index is 12.2. The van der Waals surface area contributed by atoms with E-state index in [1.54, 1.807) is 0 Å². The van der Waals surface area contributed by atoms with Crippen molar-refractivity contribution in [2.45, 2.75) is 32.2 Å². The Kier molecular flexibility index (Phi) is 2.62. The van der Waals surface area contributed by atoms with Crippen LogP contribution in [0, 0.1) is 0 Å². The number of nitrogen functional groups attached to an aromatic ring is 1. The molecule has 0 fully saturated rings. The van der Waals surface area contributed by atoms with Crippen LogP contribution in [0.15, 0.2) is 22.8 Å². The summed E-state index contributed by atoms with van der Waals surface area (Å²) in [5, 5.41) is 0. The number of nitrogens with two attached hydrogens (primary N) is 1. The topological polar surface area (TPSA) is 89.6 Å². The first-order valence-electron chi connectivity index (χ1n) is 6.13. The Morgan fingerprint density at radius 1 is 1.44 bits per heavy atom. The molecule has 0 saturated heterocycles. The predicted molar refractivity (Wildman–Crippen MR) is 69.1 cm³/mol. The van der Waals surface area contributed by atoms with Gasteiger partial charge in [0.05, 0.1) is 12.9 Å². The minimum Gasteiger partial charge on any atom is -0.369 e. The minimum atomic E-state index is -0.151. The monoisotopic (exact) mass is 245 g/mol. The summed E-state index contributed by atoms with van der Waals surface area (Å²) in [5.74, 6) is 0.228. The van der Waals surface area contributed by atoms with Crippen LogP contribution >= 0.6 is 0 Å². The number of nitrogens with zero attached hydrogens (tertiary/aromatic N) is 3. The van der Waals surface area contributed by atoms with Crippen LogP contribution in [0.25, 0.3) is 11.2 Å². The molecule has 2 heterocycles. The number of nitrogens with one attached hydrogen (secondary N) is 1. The van der Waals surface area contributed by atoms with Crippen LogP contribution in [0.5, 0.6) is 0 Å². The van der Waals surface area contributed by atoms with Crippen molar-refractivity contribution in [3.05, 3.63) is 28.3 Å². The van der Waals surface area contributed by atoms with Gasteiger partial charge in [-0.3, -0.25) is 9.36 Å². The number of anilines is 1. The summed E-state index contributed by atoms with van der Waals surface area (Å²) in [6.45, 7) is 0.534. The van der Waals surface area contributed by atoms with Gasteiger partial charge in [0.1, 0.15) is 0 Å². The molecule has 0 amide bonds. The maximum Gasteiger partial charge on any atom is 0.281 e. The van der Waals surface area contributed by atoms with E-state index >= 15 is 0 Å². The lowest BCUT2D eigenvalue weighted by molar-refractivity contribution is 0.637. The van der Waals surface area contributed by atoms with E-state index in [0.29, 0.717) is 17.7 Å². The molecule has 2 aromatic rings. The fraction of sp³-hybridized carbons (Fsp3) is 0.417. The van der Waals surface area contributed by atoms with Crippen LogP contribution in [-0.4, -0.2) is 19.5 Å². The van der Waals surface area contributed by atoms with Crippen molar-refractivity contribution in [1.82, 2.24) is 19.5 Å². The first-order chi connectivity index (χ1) is 8.75. The van der Waals surface area contributed by atoms with Gasteiger partial charge in [0.2, 0.25) is 5.95 Å². The fourth-order valence-electron chi connectivity index (χ4n) is 2.34. The summed E-state index contributed by atoms with van der Waals surface area (Å²) in [7, 11) is 0. The smallest absolute Gasteiger partial charge is 0.281 e. The van der Waals surface area contributed by atoms with Gasteiger partial charge in [-0.2, -0.15) is 4.98 Å². The van der Waals surface area contributed by atoms with Gasteiger partial charge in [0.25, 0.3) is 5.56 Å². The average Bonchev–Trinajstić information content (AvgIpc) is 2.84. The molecule has 0 radical (unpaired) electrons. The molecule has 0 aliphatic heterocycles. The highest BCUT2D eigenvalue weighted by Gasteiger charge is 2.12. The van der Waals surface area contributed by atoms with Crippen LogP contribution in [0.1, 0.15) is 25.7 Å². The first-order valence-corrected chi connectivity index (χ1v) is 6.13. The predicted octanol–water partition coefficient (Wildman–Crippen LogP) is 1.20. The van der Waals surface area contributed by atoms with Crippen molar-refractivity contribution in [3.63, 3.8) is 0 Å². The van der Waals surface area contributed by atoms with Crippen molar-refractivity contribution in [2.75, 3.05) is 5.73 Å². The molecule has 1 aliphatic rings. The summed E-state index contributed by atoms with van der Waals surface area (Å²) < 4.78 is 1.51. The molecular weight excluding hydrogens is 230 g/mol. The van der Waals surface area contributed by atoms with Gasteiger partial charge in [-0.15, -0.1) is 0 Å². The van der Waals surface area contributed by atoms with E-state index < -0.39 is 0 Å². The van der Waals surface area contributed by atoms with Crippen molar-refractivity contribution in [3.8, 4) is 0 Å². The lowest BCUT2D eigenvalue weighted by Crippen LogP contribution is -2.25. The minimum absolute atomic E-state index is 0.151. The van der Waals surface area contributed by atoms with Gasteiger partial charge in [0, 0.05) is 0 Å². The summed E-state index contributed by atoms with van der Waals surface area (Å²) in [5.41, 5.74) is 7.74. The quantitative estimate of drug-likeness (QED) is 0.778. The second-order valence-corrected chi connectivity index (χ2v) is 4.57. The van der Waals surface area contributed by atoms with Gasteiger partial charge in [-0.05, 0) is 25.7 Å². The molecule has 3 N–H and O–H groups in total. The summed E-state index contributed by atoms with van der Waals surface area (Å²) >= 11 is 0. The van der Waals surface area contributed by atoms with Gasteiger partial charge < -0.3 is 10.7 Å².